The molecule has 0 unspecified atom stereocenters. The lowest BCUT2D eigenvalue weighted by Crippen LogP contribution is -2.97. The summed E-state index contributed by atoms with van der Waals surface area (Å²) >= 11 is 5.96. The Morgan fingerprint density at radius 3 is 1.96 bits per heavy atom. The summed E-state index contributed by atoms with van der Waals surface area (Å²) in [6.45, 7) is 8.12. The van der Waals surface area contributed by atoms with Crippen molar-refractivity contribution in [2.45, 2.75) is 75.4 Å². The second kappa shape index (κ2) is 20.7. The highest BCUT2D eigenvalue weighted by atomic mass is 32.2. The van der Waals surface area contributed by atoms with Crippen LogP contribution in [0, 0.1) is 0 Å². The van der Waals surface area contributed by atoms with E-state index in [1.165, 1.54) is 18.2 Å². The summed E-state index contributed by atoms with van der Waals surface area (Å²) in [7, 11) is 1.38. The average molecular weight is 736 g/mol. The number of aliphatic carboxylic acids is 2. The lowest BCUT2D eigenvalue weighted by molar-refractivity contribution is -0.596. The van der Waals surface area contributed by atoms with Crippen molar-refractivity contribution in [3.05, 3.63) is 47.5 Å². The van der Waals surface area contributed by atoms with E-state index in [9.17, 15) is 35.9 Å². The van der Waals surface area contributed by atoms with Gasteiger partial charge in [-0.25, -0.2) is 9.59 Å². The summed E-state index contributed by atoms with van der Waals surface area (Å²) in [5, 5.41) is 19.2. The zero-order valence-corrected chi connectivity index (χ0v) is 28.9. The predicted molar refractivity (Wildman–Crippen MR) is 165 cm³/mol. The molecule has 2 rings (SSSR count). The van der Waals surface area contributed by atoms with Gasteiger partial charge in [0, 0.05) is 25.3 Å². The largest absolute Gasteiger partial charge is 0.542 e. The molecule has 0 spiro atoms. The van der Waals surface area contributed by atoms with Crippen LogP contribution in [0.25, 0.3) is 0 Å². The molecule has 5 N–H and O–H groups in total. The van der Waals surface area contributed by atoms with E-state index in [1.54, 1.807) is 17.1 Å². The van der Waals surface area contributed by atoms with Crippen molar-refractivity contribution in [2.24, 2.45) is 0 Å². The van der Waals surface area contributed by atoms with Crippen molar-refractivity contribution in [3.63, 3.8) is 0 Å². The Hall–Kier alpha value is -2.80. The van der Waals surface area contributed by atoms with Gasteiger partial charge in [0.25, 0.3) is 0 Å². The number of nitrogens with two attached hydrogens (primary N) is 1. The van der Waals surface area contributed by atoms with E-state index < -0.39 is 30.3 Å². The molecule has 0 aliphatic carbocycles. The Balaban J connectivity index is 0.00000131. The molecular formula is C30H43F6N3O7S2. The number of thiol groups is 1. The Kier molecular flexibility index (Phi) is 19.4. The topological polar surface area (TPSA) is 171 Å². The van der Waals surface area contributed by atoms with Gasteiger partial charge in [-0.15, -0.1) is 0 Å². The number of primary amides is 1. The molecule has 274 valence electrons. The first kappa shape index (κ1) is 45.2. The van der Waals surface area contributed by atoms with Gasteiger partial charge in [-0.3, -0.25) is 10.2 Å². The number of nitrogens with zero attached hydrogens (tertiary/aromatic N) is 1. The van der Waals surface area contributed by atoms with Crippen LogP contribution in [0.2, 0.25) is 0 Å². The molecule has 1 amide bonds. The van der Waals surface area contributed by atoms with Crippen molar-refractivity contribution < 1.29 is 71.5 Å². The number of amides is 1. The molecule has 4 atom stereocenters. The van der Waals surface area contributed by atoms with E-state index in [-0.39, 0.29) is 35.3 Å². The number of rotatable bonds is 11. The molecule has 1 saturated heterocycles. The summed E-state index contributed by atoms with van der Waals surface area (Å²) in [6, 6.07) is 8.21. The first-order valence-corrected chi connectivity index (χ1v) is 16.5. The first-order valence-electron chi connectivity index (χ1n) is 14.5. The maximum atomic E-state index is 13.4. The second-order valence-corrected chi connectivity index (χ2v) is 13.0. The Morgan fingerprint density at radius 1 is 1.06 bits per heavy atom. The second-order valence-electron chi connectivity index (χ2n) is 11.7. The molecule has 10 nitrogen and oxygen atoms in total. The maximum absolute atomic E-state index is 13.4. The number of alkyl halides is 6. The smallest absolute Gasteiger partial charge is 0.430 e. The quantitative estimate of drug-likeness (QED) is 0.125. The molecule has 0 bridgehead atoms. The lowest BCUT2D eigenvalue weighted by Gasteiger charge is -2.21. The number of likely N-dealkylation sites (tertiary alicyclic amines) is 1. The van der Waals surface area contributed by atoms with Crippen LogP contribution in [0.5, 0.6) is 0 Å². The zero-order valence-electron chi connectivity index (χ0n) is 27.2. The third kappa shape index (κ3) is 17.0. The zero-order chi connectivity index (χ0) is 37.5. The van der Waals surface area contributed by atoms with Crippen LogP contribution in [0.3, 0.4) is 0 Å². The van der Waals surface area contributed by atoms with Gasteiger partial charge in [-0.05, 0) is 47.0 Å². The summed E-state index contributed by atoms with van der Waals surface area (Å²) in [5.41, 5.74) is 6.72. The number of hydrogen-bond acceptors (Lipinski definition) is 10. The molecule has 1 aromatic rings. The number of hydrogen-bond donors (Lipinski definition) is 3. The van der Waals surface area contributed by atoms with E-state index in [1.807, 2.05) is 6.26 Å². The number of methoxy groups -OCH3 is 1. The highest BCUT2D eigenvalue weighted by molar-refractivity contribution is 7.98. The van der Waals surface area contributed by atoms with Crippen LogP contribution in [-0.2, 0) is 29.3 Å². The monoisotopic (exact) mass is 735 g/mol. The Labute approximate surface area is 285 Å². The van der Waals surface area contributed by atoms with Gasteiger partial charge in [-0.2, -0.15) is 50.7 Å². The summed E-state index contributed by atoms with van der Waals surface area (Å²) in [6.07, 6.45) is -2.90. The number of esters is 1. The van der Waals surface area contributed by atoms with E-state index in [0.717, 1.165) is 18.7 Å². The highest BCUT2D eigenvalue weighted by Crippen LogP contribution is 2.33. The maximum Gasteiger partial charge on any atom is 0.430 e. The number of carboxylic acids is 2. The molecule has 1 fully saturated rings. The van der Waals surface area contributed by atoms with Gasteiger partial charge >= 0.3 is 24.2 Å². The minimum Gasteiger partial charge on any atom is -0.542 e. The molecule has 18 heteroatoms. The van der Waals surface area contributed by atoms with E-state index in [2.05, 4.69) is 80.5 Å². The Morgan fingerprint density at radius 2 is 1.56 bits per heavy atom. The molecule has 1 aliphatic rings. The van der Waals surface area contributed by atoms with Crippen LogP contribution >= 0.6 is 24.4 Å². The van der Waals surface area contributed by atoms with Crippen LogP contribution in [-0.4, -0.2) is 97.2 Å². The molecule has 1 aromatic carbocycles. The van der Waals surface area contributed by atoms with E-state index in [0.29, 0.717) is 18.7 Å². The third-order valence-corrected chi connectivity index (χ3v) is 8.04. The first-order chi connectivity index (χ1) is 22.0. The van der Waals surface area contributed by atoms with Crippen molar-refractivity contribution in [1.29, 1.82) is 0 Å². The van der Waals surface area contributed by atoms with Crippen LogP contribution < -0.4 is 21.3 Å². The normalized spacial score (nSPS) is 18.2. The van der Waals surface area contributed by atoms with Crippen molar-refractivity contribution in [3.8, 4) is 0 Å². The van der Waals surface area contributed by atoms with Crippen molar-refractivity contribution >= 4 is 48.2 Å². The molecule has 0 saturated carbocycles. The van der Waals surface area contributed by atoms with Gasteiger partial charge in [-0.1, -0.05) is 51.1 Å². The Bertz CT molecular complexity index is 1190. The van der Waals surface area contributed by atoms with Gasteiger partial charge in [0.05, 0.1) is 7.11 Å². The minimum absolute atomic E-state index is 0.0130. The number of carbonyl (C=O) groups excluding carboxylic acids is 4. The van der Waals surface area contributed by atoms with Crippen molar-refractivity contribution in [1.82, 2.24) is 4.90 Å². The number of halogens is 6. The fourth-order valence-electron chi connectivity index (χ4n) is 4.32. The number of carboxylic acid groups (broad SMARTS) is 2. The van der Waals surface area contributed by atoms with Crippen LogP contribution in [0.15, 0.2) is 36.4 Å². The number of carbonyl (C=O) groups is 4. The number of ether oxygens (including phenoxy) is 1. The van der Waals surface area contributed by atoms with Gasteiger partial charge in [0.1, 0.15) is 24.0 Å². The number of thioether (sulfide) groups is 1. The fourth-order valence-corrected chi connectivity index (χ4v) is 4.93. The van der Waals surface area contributed by atoms with Gasteiger partial charge in [0.15, 0.2) is 6.04 Å². The average Bonchev–Trinajstić information content (AvgIpc) is 3.42. The van der Waals surface area contributed by atoms with Crippen LogP contribution in [0.4, 0.5) is 26.3 Å². The SMILES string of the molecule is COC(=O)[C@H](CCSC)[NH2+]C(=O)[C@@H]1C[C@H](c2ccc(C(C)(C)C)cc2)CN1C/C=C/[C@@H]([NH3+])CS.O=C([O-])C(F)(F)F.O=C([O-])C(F)(F)F. The predicted octanol–water partition coefficient (Wildman–Crippen LogP) is 0.220. The summed E-state index contributed by atoms with van der Waals surface area (Å²) in [5.74, 6) is -4.58. The molecule has 0 radical (unpaired) electrons. The minimum atomic E-state index is -5.19. The fraction of sp³-hybridized carbons (Fsp3) is 0.600. The molecule has 1 heterocycles. The van der Waals surface area contributed by atoms with E-state index >= 15 is 0 Å². The molecule has 1 aliphatic heterocycles. The summed E-state index contributed by atoms with van der Waals surface area (Å²) < 4.78 is 68.1. The van der Waals surface area contributed by atoms with Crippen molar-refractivity contribution in [2.75, 3.05) is 38.0 Å². The third-order valence-electron chi connectivity index (χ3n) is 6.93. The van der Waals surface area contributed by atoms with E-state index in [4.69, 9.17) is 24.5 Å². The van der Waals surface area contributed by atoms with Gasteiger partial charge < -0.3 is 30.3 Å². The van der Waals surface area contributed by atoms with Gasteiger partial charge in [0.2, 0.25) is 0 Å². The molecular weight excluding hydrogens is 692 g/mol. The number of benzene rings is 1. The standard InChI is InChI=1S/C26H41N3O3S2.2C2HF3O2/c1-26(2,3)20-10-8-18(9-11-20)19-15-23(29(16-19)13-6-7-21(27)17-33)24(30)28-22(12-14-34-5)25(31)32-4;2*3-2(4,5)1(6)7/h6-11,19,21-23,33H,12-17,27H2,1-5H3,(H,28,30);2*(H,6,7)/b7-6+;;/t19-,21+,22-,23-;;/m0../s1. The lowest BCUT2D eigenvalue weighted by atomic mass is 9.85. The number of quaternary nitrogens is 2. The highest BCUT2D eigenvalue weighted by Gasteiger charge is 2.41. The van der Waals surface area contributed by atoms with Crippen LogP contribution in [0.1, 0.15) is 50.7 Å². The molecule has 0 aromatic heterocycles. The molecule has 48 heavy (non-hydrogen) atoms. The summed E-state index contributed by atoms with van der Waals surface area (Å²) in [4.78, 5) is 45.5.